The summed E-state index contributed by atoms with van der Waals surface area (Å²) in [7, 11) is 0. The van der Waals surface area contributed by atoms with Crippen LogP contribution in [-0.4, -0.2) is 60.1 Å². The first-order valence-electron chi connectivity index (χ1n) is 6.68. The van der Waals surface area contributed by atoms with Crippen LogP contribution < -0.4 is 0 Å². The molecule has 3 rings (SSSR count). The number of fused-ring (bicyclic) bond motifs is 1. The third kappa shape index (κ3) is 2.28. The van der Waals surface area contributed by atoms with Crippen LogP contribution in [0.2, 0.25) is 0 Å². The van der Waals surface area contributed by atoms with Crippen molar-refractivity contribution in [3.05, 3.63) is 36.0 Å². The predicted octanol–water partition coefficient (Wildman–Crippen LogP) is -0.492. The molecule has 0 radical (unpaired) electrons. The minimum absolute atomic E-state index is 0.120. The van der Waals surface area contributed by atoms with Crippen molar-refractivity contribution in [2.24, 2.45) is 0 Å². The van der Waals surface area contributed by atoms with E-state index in [4.69, 9.17) is 4.74 Å². The van der Waals surface area contributed by atoms with Crippen LogP contribution in [0.5, 0.6) is 0 Å². The largest absolute Gasteiger partial charge is 0.387 e. The molecule has 0 spiro atoms. The van der Waals surface area contributed by atoms with Crippen molar-refractivity contribution in [3.8, 4) is 0 Å². The van der Waals surface area contributed by atoms with E-state index >= 15 is 0 Å². The number of hydrogen-bond donors (Lipinski definition) is 6. The van der Waals surface area contributed by atoms with Crippen LogP contribution in [0.15, 0.2) is 30.3 Å². The highest BCUT2D eigenvalue weighted by Crippen LogP contribution is 2.39. The van der Waals surface area contributed by atoms with Crippen molar-refractivity contribution in [2.45, 2.75) is 35.2 Å². The first-order valence-corrected chi connectivity index (χ1v) is 7.59. The minimum atomic E-state index is -2.23. The highest BCUT2D eigenvalue weighted by Gasteiger charge is 2.57. The van der Waals surface area contributed by atoms with Crippen LogP contribution in [0.3, 0.4) is 0 Å². The van der Waals surface area contributed by atoms with Gasteiger partial charge in [-0.05, 0) is 17.5 Å². The Hall–Kier alpha value is -1.00. The number of aliphatic hydroxyl groups excluding tert-OH is 4. The number of halogens is 1. The quantitative estimate of drug-likeness (QED) is 0.394. The second kappa shape index (κ2) is 5.57. The van der Waals surface area contributed by atoms with E-state index < -0.39 is 35.2 Å². The van der Waals surface area contributed by atoms with Gasteiger partial charge in [0.05, 0.1) is 5.69 Å². The monoisotopic (exact) mass is 373 g/mol. The summed E-state index contributed by atoms with van der Waals surface area (Å²) in [5, 5.41) is 50.2. The molecule has 0 aliphatic carbocycles. The summed E-state index contributed by atoms with van der Waals surface area (Å²) in [6.07, 6.45) is -6.56. The van der Waals surface area contributed by atoms with Gasteiger partial charge in [0.2, 0.25) is 0 Å². The van der Waals surface area contributed by atoms with Crippen LogP contribution in [0.1, 0.15) is 5.69 Å². The molecule has 22 heavy (non-hydrogen) atoms. The van der Waals surface area contributed by atoms with Crippen LogP contribution in [0, 0.1) is 0 Å². The van der Waals surface area contributed by atoms with Crippen molar-refractivity contribution in [2.75, 3.05) is 0 Å². The van der Waals surface area contributed by atoms with Gasteiger partial charge >= 0.3 is 0 Å². The lowest BCUT2D eigenvalue weighted by atomic mass is 9.81. The van der Waals surface area contributed by atoms with Crippen LogP contribution in [-0.2, 0) is 10.3 Å². The number of aromatic nitrogens is 1. The third-order valence-corrected chi connectivity index (χ3v) is 4.53. The fraction of sp³-hybridized carbons (Fsp3) is 0.429. The summed E-state index contributed by atoms with van der Waals surface area (Å²) in [4.78, 5) is 2.91. The SMILES string of the molecule is OC(Br)[C@H]1O[C@@H](O)[C@H](O)[C@](O)(c2cc3ccccc3[nH]2)[C@@H]1O. The second-order valence-corrected chi connectivity index (χ2v) is 6.29. The standard InChI is InChI=1S/C14H16BrNO6/c15-12(19)9-10(17)14(21,11(18)13(20)22-9)8-5-6-3-1-2-4-7(6)16-8/h1-5,9-13,16-21H/t9-,10+,11-,12?,13+,14-/m0/s1. The number of aliphatic hydroxyl groups is 5. The molecule has 1 aromatic heterocycles. The Labute approximate surface area is 133 Å². The molecule has 8 heteroatoms. The van der Waals surface area contributed by atoms with Gasteiger partial charge in [0.15, 0.2) is 11.9 Å². The zero-order chi connectivity index (χ0) is 16.1. The molecule has 2 heterocycles. The number of rotatable bonds is 2. The third-order valence-electron chi connectivity index (χ3n) is 4.01. The van der Waals surface area contributed by atoms with E-state index in [0.29, 0.717) is 5.52 Å². The number of ether oxygens (including phenoxy) is 1. The number of hydrogen-bond acceptors (Lipinski definition) is 6. The molecule has 1 aliphatic heterocycles. The zero-order valence-corrected chi connectivity index (χ0v) is 12.9. The average Bonchev–Trinajstić information content (AvgIpc) is 2.93. The van der Waals surface area contributed by atoms with Crippen molar-refractivity contribution < 1.29 is 30.3 Å². The van der Waals surface area contributed by atoms with Crippen molar-refractivity contribution in [1.82, 2.24) is 4.98 Å². The van der Waals surface area contributed by atoms with E-state index in [0.717, 1.165) is 5.39 Å². The van der Waals surface area contributed by atoms with Gasteiger partial charge in [-0.3, -0.25) is 0 Å². The molecule has 0 saturated carbocycles. The molecule has 1 aliphatic rings. The van der Waals surface area contributed by atoms with E-state index in [9.17, 15) is 25.5 Å². The summed E-state index contributed by atoms with van der Waals surface area (Å²) >= 11 is 2.84. The molecule has 1 aromatic carbocycles. The summed E-state index contributed by atoms with van der Waals surface area (Å²) in [5.74, 6) is 0. The smallest absolute Gasteiger partial charge is 0.184 e. The van der Waals surface area contributed by atoms with E-state index in [1.54, 1.807) is 30.3 Å². The van der Waals surface area contributed by atoms with Gasteiger partial charge in [0.1, 0.15) is 23.3 Å². The molecule has 1 unspecified atom stereocenters. The van der Waals surface area contributed by atoms with Gasteiger partial charge in [-0.15, -0.1) is 0 Å². The number of alkyl halides is 1. The molecule has 2 aromatic rings. The molecule has 7 nitrogen and oxygen atoms in total. The highest BCUT2D eigenvalue weighted by atomic mass is 79.9. The van der Waals surface area contributed by atoms with Crippen molar-refractivity contribution >= 4 is 26.8 Å². The zero-order valence-electron chi connectivity index (χ0n) is 11.3. The van der Waals surface area contributed by atoms with E-state index in [-0.39, 0.29) is 5.69 Å². The fourth-order valence-electron chi connectivity index (χ4n) is 2.78. The van der Waals surface area contributed by atoms with Crippen LogP contribution >= 0.6 is 15.9 Å². The lowest BCUT2D eigenvalue weighted by molar-refractivity contribution is -0.329. The summed E-state index contributed by atoms with van der Waals surface area (Å²) in [5.41, 5.74) is -1.41. The molecular weight excluding hydrogens is 358 g/mol. The Morgan fingerprint density at radius 3 is 2.50 bits per heavy atom. The minimum Gasteiger partial charge on any atom is -0.387 e. The first-order chi connectivity index (χ1) is 10.4. The Balaban J connectivity index is 2.10. The molecule has 0 amide bonds. The number of nitrogens with one attached hydrogen (secondary N) is 1. The molecular formula is C14H16BrNO6. The summed E-state index contributed by atoms with van der Waals surface area (Å²) in [6, 6.07) is 8.74. The number of para-hydroxylation sites is 1. The van der Waals surface area contributed by atoms with Gasteiger partial charge in [-0.2, -0.15) is 0 Å². The van der Waals surface area contributed by atoms with Crippen molar-refractivity contribution in [3.63, 3.8) is 0 Å². The topological polar surface area (TPSA) is 126 Å². The molecule has 1 saturated heterocycles. The van der Waals surface area contributed by atoms with Gasteiger partial charge < -0.3 is 35.3 Å². The van der Waals surface area contributed by atoms with E-state index in [1.165, 1.54) is 0 Å². The fourth-order valence-corrected chi connectivity index (χ4v) is 3.19. The highest BCUT2D eigenvalue weighted by molar-refractivity contribution is 9.09. The maximum atomic E-state index is 10.9. The Morgan fingerprint density at radius 1 is 1.18 bits per heavy atom. The predicted molar refractivity (Wildman–Crippen MR) is 80.0 cm³/mol. The van der Waals surface area contributed by atoms with Gasteiger partial charge in [0.25, 0.3) is 0 Å². The Kier molecular flexibility index (Phi) is 4.02. The second-order valence-electron chi connectivity index (χ2n) is 5.35. The number of benzene rings is 1. The lowest BCUT2D eigenvalue weighted by Crippen LogP contribution is -2.66. The first kappa shape index (κ1) is 15.9. The van der Waals surface area contributed by atoms with Crippen LogP contribution in [0.4, 0.5) is 0 Å². The van der Waals surface area contributed by atoms with Gasteiger partial charge in [-0.25, -0.2) is 0 Å². The molecule has 120 valence electrons. The maximum Gasteiger partial charge on any atom is 0.184 e. The average molecular weight is 374 g/mol. The van der Waals surface area contributed by atoms with Gasteiger partial charge in [-0.1, -0.05) is 34.1 Å². The van der Waals surface area contributed by atoms with E-state index in [1.807, 2.05) is 0 Å². The maximum absolute atomic E-state index is 10.9. The number of H-pyrrole nitrogens is 1. The lowest BCUT2D eigenvalue weighted by Gasteiger charge is -2.46. The summed E-state index contributed by atoms with van der Waals surface area (Å²) in [6.45, 7) is 0. The van der Waals surface area contributed by atoms with E-state index in [2.05, 4.69) is 20.9 Å². The van der Waals surface area contributed by atoms with Crippen molar-refractivity contribution in [1.29, 1.82) is 0 Å². The Morgan fingerprint density at radius 2 is 1.86 bits per heavy atom. The normalized spacial score (nSPS) is 37.4. The molecule has 6 N–H and O–H groups in total. The molecule has 6 atom stereocenters. The number of aromatic amines is 1. The van der Waals surface area contributed by atoms with Crippen LogP contribution in [0.25, 0.3) is 10.9 Å². The summed E-state index contributed by atoms with van der Waals surface area (Å²) < 4.78 is 4.95. The molecule has 0 bridgehead atoms. The van der Waals surface area contributed by atoms with Gasteiger partial charge in [0, 0.05) is 5.52 Å². The Bertz CT molecular complexity index is 643. The molecule has 1 fully saturated rings.